The minimum atomic E-state index is -0.164. The van der Waals surface area contributed by atoms with Crippen molar-refractivity contribution in [1.29, 1.82) is 0 Å². The van der Waals surface area contributed by atoms with Crippen LogP contribution in [0.3, 0.4) is 0 Å². The number of carbonyl (C=O) groups is 1. The smallest absolute Gasteiger partial charge is 0.309 e. The molecule has 2 heteroatoms. The zero-order chi connectivity index (χ0) is 15.0. The second-order valence-electron chi connectivity index (χ2n) is 8.08. The highest BCUT2D eigenvalue weighted by atomic mass is 16.6. The van der Waals surface area contributed by atoms with Crippen molar-refractivity contribution in [1.82, 2.24) is 0 Å². The number of hydrogen-bond acceptors (Lipinski definition) is 2. The first-order valence-corrected chi connectivity index (χ1v) is 9.31. The maximum absolute atomic E-state index is 12.7. The monoisotopic (exact) mass is 292 g/mol. The number of carbonyl (C=O) groups excluding carboxylic acids is 1. The van der Waals surface area contributed by atoms with Gasteiger partial charge in [-0.1, -0.05) is 33.1 Å². The Bertz CT molecular complexity index is 383. The molecule has 21 heavy (non-hydrogen) atoms. The third-order valence-corrected chi connectivity index (χ3v) is 6.86. The second-order valence-corrected chi connectivity index (χ2v) is 8.08. The zero-order valence-corrected chi connectivity index (χ0v) is 14.1. The fourth-order valence-corrected chi connectivity index (χ4v) is 5.83. The fourth-order valence-electron chi connectivity index (χ4n) is 5.83. The van der Waals surface area contributed by atoms with Crippen LogP contribution in [0.25, 0.3) is 0 Å². The van der Waals surface area contributed by atoms with E-state index in [1.54, 1.807) is 0 Å². The Morgan fingerprint density at radius 3 is 2.33 bits per heavy atom. The molecule has 0 aliphatic heterocycles. The average molecular weight is 292 g/mol. The van der Waals surface area contributed by atoms with Crippen LogP contribution in [0.5, 0.6) is 0 Å². The molecule has 3 rings (SSSR count). The minimum Gasteiger partial charge on any atom is -0.459 e. The molecule has 5 atom stereocenters. The molecular weight excluding hydrogens is 260 g/mol. The Kier molecular flexibility index (Phi) is 4.34. The normalized spacial score (nSPS) is 41.2. The predicted molar refractivity (Wildman–Crippen MR) is 84.8 cm³/mol. The summed E-state index contributed by atoms with van der Waals surface area (Å²) in [5, 5.41) is 0. The van der Waals surface area contributed by atoms with Gasteiger partial charge < -0.3 is 4.74 Å². The number of hydrogen-bond donors (Lipinski definition) is 0. The molecule has 0 radical (unpaired) electrons. The van der Waals surface area contributed by atoms with Gasteiger partial charge in [-0.05, 0) is 69.1 Å². The molecule has 0 spiro atoms. The van der Waals surface area contributed by atoms with E-state index in [0.29, 0.717) is 5.92 Å². The van der Waals surface area contributed by atoms with Gasteiger partial charge in [0.05, 0.1) is 5.92 Å². The summed E-state index contributed by atoms with van der Waals surface area (Å²) in [5.74, 6) is 3.40. The first-order chi connectivity index (χ1) is 10.1. The summed E-state index contributed by atoms with van der Waals surface area (Å²) in [7, 11) is 0. The molecule has 3 fully saturated rings. The molecule has 0 aromatic carbocycles. The fraction of sp³-hybridized carbons (Fsp3) is 0.947. The van der Waals surface area contributed by atoms with Gasteiger partial charge in [-0.2, -0.15) is 0 Å². The maximum Gasteiger partial charge on any atom is 0.309 e. The molecule has 3 aliphatic rings. The molecule has 0 amide bonds. The van der Waals surface area contributed by atoms with Gasteiger partial charge in [-0.3, -0.25) is 4.79 Å². The number of fused-ring (bicyclic) bond motifs is 2. The SMILES string of the molecule is CCC1C2CC(C(=O)OC3(C)CCCCC3)C(C2)C1CC. The minimum absolute atomic E-state index is 0.139. The van der Waals surface area contributed by atoms with Gasteiger partial charge in [0, 0.05) is 0 Å². The molecule has 2 nitrogen and oxygen atoms in total. The highest BCUT2D eigenvalue weighted by Gasteiger charge is 2.54. The maximum atomic E-state index is 12.7. The molecule has 3 aliphatic carbocycles. The molecule has 120 valence electrons. The van der Waals surface area contributed by atoms with E-state index in [1.807, 2.05) is 0 Å². The summed E-state index contributed by atoms with van der Waals surface area (Å²) >= 11 is 0. The van der Waals surface area contributed by atoms with Crippen LogP contribution in [0.2, 0.25) is 0 Å². The van der Waals surface area contributed by atoms with Crippen LogP contribution in [0.4, 0.5) is 0 Å². The third-order valence-electron chi connectivity index (χ3n) is 6.86. The van der Waals surface area contributed by atoms with Crippen LogP contribution in [0.1, 0.15) is 78.6 Å². The van der Waals surface area contributed by atoms with Crippen molar-refractivity contribution in [3.05, 3.63) is 0 Å². The van der Waals surface area contributed by atoms with Crippen LogP contribution in [0, 0.1) is 29.6 Å². The first-order valence-electron chi connectivity index (χ1n) is 9.31. The lowest BCUT2D eigenvalue weighted by molar-refractivity contribution is -0.169. The van der Waals surface area contributed by atoms with E-state index in [1.165, 1.54) is 38.5 Å². The number of esters is 1. The lowest BCUT2D eigenvalue weighted by Crippen LogP contribution is -2.39. The van der Waals surface area contributed by atoms with E-state index in [-0.39, 0.29) is 17.5 Å². The zero-order valence-electron chi connectivity index (χ0n) is 14.1. The molecule has 0 aromatic heterocycles. The summed E-state index contributed by atoms with van der Waals surface area (Å²) in [6, 6.07) is 0. The predicted octanol–water partition coefficient (Wildman–Crippen LogP) is 4.96. The van der Waals surface area contributed by atoms with E-state index >= 15 is 0 Å². The average Bonchev–Trinajstić information content (AvgIpc) is 3.04. The molecule has 0 heterocycles. The molecule has 0 N–H and O–H groups in total. The van der Waals surface area contributed by atoms with E-state index < -0.39 is 0 Å². The lowest BCUT2D eigenvalue weighted by atomic mass is 9.71. The standard InChI is InChI=1S/C19H32O2/c1-4-14-13-11-16(15(14)5-2)17(12-13)18(20)21-19(3)9-7-6-8-10-19/h13-17H,4-12H2,1-3H3. The van der Waals surface area contributed by atoms with Crippen molar-refractivity contribution in [2.24, 2.45) is 29.6 Å². The molecular formula is C19H32O2. The van der Waals surface area contributed by atoms with Crippen molar-refractivity contribution in [2.45, 2.75) is 84.2 Å². The van der Waals surface area contributed by atoms with Crippen molar-refractivity contribution >= 4 is 5.97 Å². The van der Waals surface area contributed by atoms with E-state index in [4.69, 9.17) is 4.74 Å². The van der Waals surface area contributed by atoms with Gasteiger partial charge in [0.25, 0.3) is 0 Å². The Labute approximate surface area is 130 Å². The summed E-state index contributed by atoms with van der Waals surface area (Å²) in [4.78, 5) is 12.7. The van der Waals surface area contributed by atoms with Crippen molar-refractivity contribution in [3.8, 4) is 0 Å². The Morgan fingerprint density at radius 1 is 1.05 bits per heavy atom. The van der Waals surface area contributed by atoms with Crippen LogP contribution in [-0.4, -0.2) is 11.6 Å². The molecule has 0 saturated heterocycles. The van der Waals surface area contributed by atoms with Crippen LogP contribution in [0.15, 0.2) is 0 Å². The Balaban J connectivity index is 1.64. The Hall–Kier alpha value is -0.530. The highest BCUT2D eigenvalue weighted by Crippen LogP contribution is 2.57. The number of rotatable bonds is 4. The van der Waals surface area contributed by atoms with Gasteiger partial charge in [0.1, 0.15) is 5.60 Å². The van der Waals surface area contributed by atoms with E-state index in [9.17, 15) is 4.79 Å². The van der Waals surface area contributed by atoms with Gasteiger partial charge in [-0.15, -0.1) is 0 Å². The lowest BCUT2D eigenvalue weighted by Gasteiger charge is -2.38. The summed E-state index contributed by atoms with van der Waals surface area (Å²) in [6.45, 7) is 6.78. The van der Waals surface area contributed by atoms with Gasteiger partial charge in [-0.25, -0.2) is 0 Å². The molecule has 2 bridgehead atoms. The van der Waals surface area contributed by atoms with Crippen molar-refractivity contribution in [3.63, 3.8) is 0 Å². The van der Waals surface area contributed by atoms with Crippen LogP contribution in [-0.2, 0) is 9.53 Å². The third kappa shape index (κ3) is 2.75. The summed E-state index contributed by atoms with van der Waals surface area (Å²) in [6.07, 6.45) is 10.8. The van der Waals surface area contributed by atoms with Crippen molar-refractivity contribution < 1.29 is 9.53 Å². The van der Waals surface area contributed by atoms with Crippen molar-refractivity contribution in [2.75, 3.05) is 0 Å². The first kappa shape index (κ1) is 15.4. The molecule has 0 aromatic rings. The number of ether oxygens (including phenoxy) is 1. The summed E-state index contributed by atoms with van der Waals surface area (Å²) < 4.78 is 6.04. The van der Waals surface area contributed by atoms with Crippen LogP contribution >= 0.6 is 0 Å². The highest BCUT2D eigenvalue weighted by molar-refractivity contribution is 5.74. The molecule has 3 saturated carbocycles. The van der Waals surface area contributed by atoms with Gasteiger partial charge in [0.2, 0.25) is 0 Å². The topological polar surface area (TPSA) is 26.3 Å². The van der Waals surface area contributed by atoms with Gasteiger partial charge in [0.15, 0.2) is 0 Å². The van der Waals surface area contributed by atoms with Crippen LogP contribution < -0.4 is 0 Å². The summed E-state index contributed by atoms with van der Waals surface area (Å²) in [5.41, 5.74) is -0.164. The molecule has 5 unspecified atom stereocenters. The van der Waals surface area contributed by atoms with E-state index in [0.717, 1.165) is 37.0 Å². The van der Waals surface area contributed by atoms with E-state index in [2.05, 4.69) is 20.8 Å². The quantitative estimate of drug-likeness (QED) is 0.684. The van der Waals surface area contributed by atoms with Gasteiger partial charge >= 0.3 is 5.97 Å². The Morgan fingerprint density at radius 2 is 1.71 bits per heavy atom. The largest absolute Gasteiger partial charge is 0.459 e. The second kappa shape index (κ2) is 5.93.